The summed E-state index contributed by atoms with van der Waals surface area (Å²) in [5, 5.41) is 20.2. The minimum atomic E-state index is -1.06. The van der Waals surface area contributed by atoms with Crippen molar-refractivity contribution in [2.24, 2.45) is 5.41 Å². The Morgan fingerprint density at radius 2 is 2.20 bits per heavy atom. The predicted molar refractivity (Wildman–Crippen MR) is 72.3 cm³/mol. The molecule has 0 unspecified atom stereocenters. The van der Waals surface area contributed by atoms with Crippen LogP contribution < -0.4 is 0 Å². The summed E-state index contributed by atoms with van der Waals surface area (Å²) in [4.78, 5) is 11.2. The summed E-state index contributed by atoms with van der Waals surface area (Å²) in [6.45, 7) is 3.15. The number of aliphatic carboxylic acids is 1. The third-order valence-electron chi connectivity index (χ3n) is 2.83. The first-order valence-corrected chi connectivity index (χ1v) is 6.55. The highest BCUT2D eigenvalue weighted by atomic mass is 79.9. The summed E-state index contributed by atoms with van der Waals surface area (Å²) in [7, 11) is 0. The average Bonchev–Trinajstić information content (AvgIpc) is 2.79. The van der Waals surface area contributed by atoms with Crippen molar-refractivity contribution in [2.75, 3.05) is 0 Å². The van der Waals surface area contributed by atoms with Gasteiger partial charge in [-0.1, -0.05) is 15.9 Å². The molecule has 0 bridgehead atoms. The summed E-state index contributed by atoms with van der Waals surface area (Å²) in [5.74, 6) is -1.26. The van der Waals surface area contributed by atoms with E-state index in [1.165, 1.54) is 10.7 Å². The molecule has 106 valence electrons. The first kappa shape index (κ1) is 14.6. The van der Waals surface area contributed by atoms with E-state index in [2.05, 4.69) is 31.5 Å². The lowest BCUT2D eigenvalue weighted by atomic mass is 9.94. The summed E-state index contributed by atoms with van der Waals surface area (Å²) in [6.07, 6.45) is 0. The molecule has 0 radical (unpaired) electrons. The van der Waals surface area contributed by atoms with Crippen LogP contribution in [0.3, 0.4) is 0 Å². The van der Waals surface area contributed by atoms with Gasteiger partial charge in [0.2, 0.25) is 0 Å². The van der Waals surface area contributed by atoms with Gasteiger partial charge >= 0.3 is 5.97 Å². The van der Waals surface area contributed by atoms with Crippen LogP contribution in [0.1, 0.15) is 13.8 Å². The van der Waals surface area contributed by atoms with Gasteiger partial charge < -0.3 is 5.11 Å². The zero-order chi connectivity index (χ0) is 14.9. The quantitative estimate of drug-likeness (QED) is 0.922. The number of tetrazole rings is 1. The molecule has 2 aromatic rings. The number of nitrogens with zero attached hydrogens (tertiary/aromatic N) is 4. The van der Waals surface area contributed by atoms with Crippen molar-refractivity contribution in [3.8, 4) is 11.4 Å². The topological polar surface area (TPSA) is 80.9 Å². The third-order valence-corrected chi connectivity index (χ3v) is 3.32. The van der Waals surface area contributed by atoms with E-state index in [0.717, 1.165) is 0 Å². The van der Waals surface area contributed by atoms with Crippen molar-refractivity contribution in [1.82, 2.24) is 20.2 Å². The highest BCUT2D eigenvalue weighted by Crippen LogP contribution is 2.26. The van der Waals surface area contributed by atoms with Crippen LogP contribution >= 0.6 is 15.9 Å². The van der Waals surface area contributed by atoms with E-state index in [4.69, 9.17) is 5.11 Å². The molecule has 0 saturated heterocycles. The minimum absolute atomic E-state index is 0.0383. The Kier molecular flexibility index (Phi) is 3.85. The molecule has 8 heteroatoms. The molecular formula is C12H12BrFN4O2. The number of carboxylic acid groups (broad SMARTS) is 1. The Balaban J connectivity index is 2.43. The number of carboxylic acids is 1. The number of carbonyl (C=O) groups is 1. The lowest BCUT2D eigenvalue weighted by Gasteiger charge is -2.19. The molecule has 1 aromatic heterocycles. The Morgan fingerprint density at radius 3 is 2.85 bits per heavy atom. The standard InChI is InChI=1S/C12H12BrFN4O2/c1-12(2,11(19)20)6-18-10(15-16-17-18)8-5-7(13)3-4-9(8)14/h3-5H,6H2,1-2H3,(H,19,20). The van der Waals surface area contributed by atoms with Gasteiger partial charge in [0.1, 0.15) is 5.82 Å². The lowest BCUT2D eigenvalue weighted by Crippen LogP contribution is -2.30. The van der Waals surface area contributed by atoms with Crippen molar-refractivity contribution in [3.63, 3.8) is 0 Å². The van der Waals surface area contributed by atoms with Crippen LogP contribution in [0.4, 0.5) is 4.39 Å². The molecule has 0 aliphatic rings. The maximum atomic E-state index is 13.9. The number of hydrogen-bond donors (Lipinski definition) is 1. The number of hydrogen-bond acceptors (Lipinski definition) is 4. The van der Waals surface area contributed by atoms with Crippen molar-refractivity contribution in [3.05, 3.63) is 28.5 Å². The first-order chi connectivity index (χ1) is 9.31. The van der Waals surface area contributed by atoms with Crippen LogP contribution in [0.5, 0.6) is 0 Å². The number of aromatic nitrogens is 4. The molecule has 1 N–H and O–H groups in total. The monoisotopic (exact) mass is 342 g/mol. The molecule has 0 aliphatic carbocycles. The molecule has 0 aliphatic heterocycles. The molecule has 0 fully saturated rings. The molecule has 0 amide bonds. The van der Waals surface area contributed by atoms with Gasteiger partial charge in [-0.2, -0.15) is 0 Å². The molecule has 20 heavy (non-hydrogen) atoms. The molecule has 2 rings (SSSR count). The van der Waals surface area contributed by atoms with Crippen molar-refractivity contribution in [1.29, 1.82) is 0 Å². The van der Waals surface area contributed by atoms with Crippen LogP contribution in [0.2, 0.25) is 0 Å². The molecule has 1 aromatic carbocycles. The second-order valence-electron chi connectivity index (χ2n) is 4.97. The first-order valence-electron chi connectivity index (χ1n) is 5.76. The fraction of sp³-hybridized carbons (Fsp3) is 0.333. The molecule has 6 nitrogen and oxygen atoms in total. The fourth-order valence-corrected chi connectivity index (χ4v) is 1.98. The summed E-state index contributed by atoms with van der Waals surface area (Å²) >= 11 is 3.25. The average molecular weight is 343 g/mol. The maximum absolute atomic E-state index is 13.9. The van der Waals surface area contributed by atoms with Crippen LogP contribution in [-0.2, 0) is 11.3 Å². The van der Waals surface area contributed by atoms with E-state index < -0.39 is 17.2 Å². The minimum Gasteiger partial charge on any atom is -0.481 e. The van der Waals surface area contributed by atoms with Gasteiger partial charge in [-0.25, -0.2) is 9.07 Å². The fourth-order valence-electron chi connectivity index (χ4n) is 1.61. The Morgan fingerprint density at radius 1 is 1.50 bits per heavy atom. The summed E-state index contributed by atoms with van der Waals surface area (Å²) in [6, 6.07) is 4.40. The van der Waals surface area contributed by atoms with Crippen LogP contribution in [0.15, 0.2) is 22.7 Å². The molecule has 0 saturated carbocycles. The van der Waals surface area contributed by atoms with E-state index in [1.54, 1.807) is 26.0 Å². The Bertz CT molecular complexity index is 657. The summed E-state index contributed by atoms with van der Waals surface area (Å²) in [5.41, 5.74) is -0.849. The van der Waals surface area contributed by atoms with Gasteiger partial charge in [0.25, 0.3) is 0 Å². The second-order valence-corrected chi connectivity index (χ2v) is 5.89. The predicted octanol–water partition coefficient (Wildman–Crippen LogP) is 2.35. The van der Waals surface area contributed by atoms with Gasteiger partial charge in [-0.3, -0.25) is 4.79 Å². The molecular weight excluding hydrogens is 331 g/mol. The Hall–Kier alpha value is -1.83. The van der Waals surface area contributed by atoms with E-state index in [0.29, 0.717) is 4.47 Å². The molecule has 0 spiro atoms. The smallest absolute Gasteiger partial charge is 0.310 e. The number of rotatable bonds is 4. The van der Waals surface area contributed by atoms with Gasteiger partial charge in [0.15, 0.2) is 5.82 Å². The largest absolute Gasteiger partial charge is 0.481 e. The molecule has 0 atom stereocenters. The zero-order valence-corrected chi connectivity index (χ0v) is 12.4. The van der Waals surface area contributed by atoms with Crippen LogP contribution in [-0.4, -0.2) is 31.3 Å². The van der Waals surface area contributed by atoms with E-state index in [9.17, 15) is 9.18 Å². The van der Waals surface area contributed by atoms with Crippen LogP contribution in [0, 0.1) is 11.2 Å². The van der Waals surface area contributed by atoms with Crippen molar-refractivity contribution >= 4 is 21.9 Å². The SMILES string of the molecule is CC(C)(Cn1nnnc1-c1cc(Br)ccc1F)C(=O)O. The van der Waals surface area contributed by atoms with Gasteiger partial charge in [0.05, 0.1) is 17.5 Å². The number of halogens is 2. The third kappa shape index (κ3) is 2.84. The van der Waals surface area contributed by atoms with Crippen LogP contribution in [0.25, 0.3) is 11.4 Å². The second kappa shape index (κ2) is 5.28. The van der Waals surface area contributed by atoms with Gasteiger partial charge in [-0.05, 0) is 42.5 Å². The zero-order valence-electron chi connectivity index (χ0n) is 10.8. The lowest BCUT2D eigenvalue weighted by molar-refractivity contribution is -0.147. The normalized spacial score (nSPS) is 11.6. The van der Waals surface area contributed by atoms with E-state index in [1.807, 2.05) is 0 Å². The maximum Gasteiger partial charge on any atom is 0.310 e. The Labute approximate surface area is 122 Å². The highest BCUT2D eigenvalue weighted by molar-refractivity contribution is 9.10. The number of benzene rings is 1. The van der Waals surface area contributed by atoms with Gasteiger partial charge in [-0.15, -0.1) is 5.10 Å². The summed E-state index contributed by atoms with van der Waals surface area (Å²) < 4.78 is 15.8. The highest BCUT2D eigenvalue weighted by Gasteiger charge is 2.30. The van der Waals surface area contributed by atoms with E-state index >= 15 is 0 Å². The van der Waals surface area contributed by atoms with Gasteiger partial charge in [0, 0.05) is 4.47 Å². The van der Waals surface area contributed by atoms with Crippen molar-refractivity contribution in [2.45, 2.75) is 20.4 Å². The molecule has 1 heterocycles. The van der Waals surface area contributed by atoms with Crippen molar-refractivity contribution < 1.29 is 14.3 Å². The van der Waals surface area contributed by atoms with E-state index in [-0.39, 0.29) is 17.9 Å².